The molecular weight excluding hydrogens is 1270 g/mol. The second-order valence-electron chi connectivity index (χ2n) is 22.0. The van der Waals surface area contributed by atoms with Crippen molar-refractivity contribution in [1.82, 2.24) is 31.4 Å². The Morgan fingerprint density at radius 2 is 0.667 bits per heavy atom. The summed E-state index contributed by atoms with van der Waals surface area (Å²) in [6.45, 7) is -0.958. The van der Waals surface area contributed by atoms with Crippen LogP contribution in [0.4, 0.5) is 17.1 Å². The summed E-state index contributed by atoms with van der Waals surface area (Å²) in [5.74, 6) is 9.92. The van der Waals surface area contributed by atoms with Gasteiger partial charge in [0.15, 0.2) is 0 Å². The lowest BCUT2D eigenvalue weighted by molar-refractivity contribution is -0.196. The van der Waals surface area contributed by atoms with Crippen LogP contribution < -0.4 is 36.0 Å². The van der Waals surface area contributed by atoms with Crippen molar-refractivity contribution in [2.24, 2.45) is 0 Å². The lowest BCUT2D eigenvalue weighted by atomic mass is 10.0. The first kappa shape index (κ1) is 70.0. The van der Waals surface area contributed by atoms with Gasteiger partial charge in [-0.25, -0.2) is 9.59 Å². The smallest absolute Gasteiger partial charge is 0.352 e. The third-order valence-electron chi connectivity index (χ3n) is 15.1. The molecule has 0 unspecified atom stereocenters. The highest BCUT2D eigenvalue weighted by Gasteiger charge is 2.34. The van der Waals surface area contributed by atoms with Gasteiger partial charge in [-0.05, 0) is 71.3 Å². The number of carboxylic acid groups (broad SMARTS) is 1. The summed E-state index contributed by atoms with van der Waals surface area (Å²) in [5.41, 5.74) is 9.35. The first-order chi connectivity index (χ1) is 47.8. The van der Waals surface area contributed by atoms with Crippen molar-refractivity contribution in [3.05, 3.63) is 208 Å². The molecule has 26 heteroatoms. The van der Waals surface area contributed by atoms with Crippen LogP contribution in [0.25, 0.3) is 0 Å². The Morgan fingerprint density at radius 1 is 0.354 bits per heavy atom. The molecule has 0 aliphatic carbocycles. The highest BCUT2D eigenvalue weighted by atomic mass is 16.7. The first-order valence-electron chi connectivity index (χ1n) is 30.9. The molecule has 6 aromatic rings. The molecule has 0 bridgehead atoms. The number of carbonyl (C=O) groups is 14. The first-order valence-corrected chi connectivity index (χ1v) is 30.9. The second kappa shape index (κ2) is 33.7. The van der Waals surface area contributed by atoms with Gasteiger partial charge in [0.1, 0.15) is 13.1 Å². The third-order valence-corrected chi connectivity index (χ3v) is 15.1. The van der Waals surface area contributed by atoms with E-state index in [1.54, 1.807) is 26.8 Å². The zero-order chi connectivity index (χ0) is 70.4. The van der Waals surface area contributed by atoms with Gasteiger partial charge >= 0.3 is 17.9 Å². The number of imide groups is 2. The minimum atomic E-state index is -1.18. The Morgan fingerprint density at radius 3 is 1.05 bits per heavy atom. The number of rotatable bonds is 19. The molecule has 99 heavy (non-hydrogen) atoms. The predicted molar refractivity (Wildman–Crippen MR) is 352 cm³/mol. The summed E-state index contributed by atoms with van der Waals surface area (Å²) in [4.78, 5) is 181. The number of carboxylic acids is 1. The molecule has 5 aliphatic rings. The fourth-order valence-electron chi connectivity index (χ4n) is 10.1. The maximum absolute atomic E-state index is 13.2. The number of nitrogens with one attached hydrogen (secondary N) is 4. The van der Waals surface area contributed by atoms with E-state index in [0.717, 1.165) is 51.1 Å². The summed E-state index contributed by atoms with van der Waals surface area (Å²) in [6.07, 6.45) is 1.11. The molecule has 0 spiro atoms. The van der Waals surface area contributed by atoms with E-state index in [0.29, 0.717) is 57.9 Å². The van der Waals surface area contributed by atoms with Crippen LogP contribution in [0.3, 0.4) is 0 Å². The highest BCUT2D eigenvalue weighted by molar-refractivity contribution is 6.12. The number of benzene rings is 6. The largest absolute Gasteiger partial charge is 0.480 e. The zero-order valence-electron chi connectivity index (χ0n) is 52.8. The van der Waals surface area contributed by atoms with Gasteiger partial charge in [0.25, 0.3) is 23.6 Å². The van der Waals surface area contributed by atoms with Crippen LogP contribution in [-0.4, -0.2) is 124 Å². The molecule has 5 N–H and O–H groups in total. The molecule has 6 aromatic carbocycles. The molecule has 5 heterocycles. The topological polar surface area (TPSA) is 342 Å². The summed E-state index contributed by atoms with van der Waals surface area (Å²) in [6, 6.07) is 44.7. The average Bonchev–Trinajstić information content (AvgIpc) is 1.72. The van der Waals surface area contributed by atoms with E-state index in [-0.39, 0.29) is 75.6 Å². The molecule has 0 saturated carbocycles. The monoisotopic (exact) mass is 1340 g/mol. The normalized spacial score (nSPS) is 13.2. The van der Waals surface area contributed by atoms with E-state index < -0.39 is 84.8 Å². The van der Waals surface area contributed by atoms with E-state index in [2.05, 4.69) is 61.6 Å². The van der Waals surface area contributed by atoms with E-state index in [4.69, 9.17) is 9.94 Å². The fraction of sp³-hybridized carbons (Fsp3) is 0.205. The number of nitrogens with zero attached hydrogens (tertiary/aromatic N) is 5. The van der Waals surface area contributed by atoms with Crippen molar-refractivity contribution in [3.8, 4) is 35.5 Å². The lowest BCUT2D eigenvalue weighted by Crippen LogP contribution is -2.41. The SMILES string of the molecule is O=C(CCC(=O)N1Cc2ccccc2C#Cc2ccccc21)NCC(=O)NCC(=O)ON1C(=O)CCC1=O.O=C(CCC(=O)N1Cc2ccccc2C#Cc2ccccc21)ON1C(=O)C=CC1=O.O=C(O)CNC(=O)CNC(=O)CCC(=O)N1Cc2ccccc2C#Cc2ccccc21. The van der Waals surface area contributed by atoms with Crippen molar-refractivity contribution in [2.45, 2.75) is 71.0 Å². The average molecular weight is 1340 g/mol. The van der Waals surface area contributed by atoms with Gasteiger partial charge in [-0.15, -0.1) is 5.06 Å². The van der Waals surface area contributed by atoms with Crippen LogP contribution in [0, 0.1) is 35.5 Å². The lowest BCUT2D eigenvalue weighted by Gasteiger charge is -2.26. The quantitative estimate of drug-likeness (QED) is 0.0570. The van der Waals surface area contributed by atoms with Gasteiger partial charge in [0.05, 0.1) is 56.2 Å². The van der Waals surface area contributed by atoms with E-state index >= 15 is 0 Å². The van der Waals surface area contributed by atoms with Crippen molar-refractivity contribution < 1.29 is 81.9 Å². The van der Waals surface area contributed by atoms with Gasteiger partial charge in [0.2, 0.25) is 41.4 Å². The van der Waals surface area contributed by atoms with Gasteiger partial charge in [-0.3, -0.25) is 57.5 Å². The van der Waals surface area contributed by atoms with Gasteiger partial charge < -0.3 is 50.7 Å². The number of carbonyl (C=O) groups excluding carboxylic acids is 13. The summed E-state index contributed by atoms with van der Waals surface area (Å²) < 4.78 is 0. The van der Waals surface area contributed by atoms with Crippen LogP contribution in [0.5, 0.6) is 0 Å². The standard InChI is InChI=1S/C27H24N4O7.C23H21N3O5.C23H16N2O5/c32-22(28-15-23(33)29-16-27(37)38-31-25(35)13-14-26(31)36)11-12-24(34)30-17-20-7-2-1-5-18(20)9-10-19-6-3-4-8-21(19)30;27-20(24-13-21(28)25-14-23(30)31)11-12-22(29)26-15-18-7-2-1-5-16(18)9-10-17-6-3-4-8-19(17)26;26-20(13-14-23(29)30-25-21(27)11-12-22(25)28)24-15-18-7-2-1-5-16(18)9-10-17-6-3-4-8-19(17)24/h1-8H,11-17H2,(H,28,32)(H,29,33);1-8H,11-15H2,(H,24,27)(H,25,28)(H,30,31);1-8,11-12H,13-15H2. The number of aliphatic carboxylic acids is 1. The van der Waals surface area contributed by atoms with E-state index in [9.17, 15) is 67.1 Å². The molecule has 1 fully saturated rings. The summed E-state index contributed by atoms with van der Waals surface area (Å²) in [5, 5.41) is 18.4. The Labute approximate surface area is 566 Å². The van der Waals surface area contributed by atoms with E-state index in [1.165, 1.54) is 0 Å². The number of para-hydroxylation sites is 3. The van der Waals surface area contributed by atoms with Crippen LogP contribution in [-0.2, 0) is 96.4 Å². The minimum absolute atomic E-state index is 0.0430. The van der Waals surface area contributed by atoms with Crippen LogP contribution in [0.1, 0.15) is 101 Å². The number of hydroxylamine groups is 4. The molecule has 1 saturated heterocycles. The Hall–Kier alpha value is -13.3. The molecule has 500 valence electrons. The summed E-state index contributed by atoms with van der Waals surface area (Å²) in [7, 11) is 0. The third kappa shape index (κ3) is 19.4. The maximum Gasteiger partial charge on any atom is 0.352 e. The number of hydrogen-bond acceptors (Lipinski definition) is 16. The van der Waals surface area contributed by atoms with Crippen LogP contribution >= 0.6 is 0 Å². The Bertz CT molecular complexity index is 4470. The van der Waals surface area contributed by atoms with Crippen molar-refractivity contribution >= 4 is 99.9 Å². The van der Waals surface area contributed by atoms with Gasteiger partial charge in [-0.1, -0.05) is 132 Å². The highest BCUT2D eigenvalue weighted by Crippen LogP contribution is 2.30. The molecule has 0 atom stereocenters. The molecule has 0 radical (unpaired) electrons. The molecular formula is C73H61N9O17. The van der Waals surface area contributed by atoms with E-state index in [1.807, 2.05) is 133 Å². The minimum Gasteiger partial charge on any atom is -0.480 e. The van der Waals surface area contributed by atoms with Gasteiger partial charge in [-0.2, -0.15) is 0 Å². The molecule has 26 nitrogen and oxygen atoms in total. The molecule has 5 aliphatic heterocycles. The Balaban J connectivity index is 0.000000175. The van der Waals surface area contributed by atoms with Crippen LogP contribution in [0.2, 0.25) is 0 Å². The summed E-state index contributed by atoms with van der Waals surface area (Å²) >= 11 is 0. The number of anilines is 3. The zero-order valence-corrected chi connectivity index (χ0v) is 52.8. The Kier molecular flexibility index (Phi) is 23.9. The van der Waals surface area contributed by atoms with Crippen LogP contribution in [0.15, 0.2) is 158 Å². The maximum atomic E-state index is 13.2. The number of amides is 11. The van der Waals surface area contributed by atoms with Gasteiger partial charge in [0, 0.05) is 90.5 Å². The predicted octanol–water partition coefficient (Wildman–Crippen LogP) is 3.68. The second-order valence-corrected chi connectivity index (χ2v) is 22.0. The molecule has 0 aromatic heterocycles. The van der Waals surface area contributed by atoms with Crippen molar-refractivity contribution in [1.29, 1.82) is 0 Å². The number of fused-ring (bicyclic) bond motifs is 6. The van der Waals surface area contributed by atoms with Crippen molar-refractivity contribution in [2.75, 3.05) is 40.9 Å². The molecule has 11 amide bonds. The van der Waals surface area contributed by atoms with Crippen molar-refractivity contribution in [3.63, 3.8) is 0 Å². The number of hydrogen-bond donors (Lipinski definition) is 5. The fourth-order valence-corrected chi connectivity index (χ4v) is 10.1. The molecule has 11 rings (SSSR count).